The number of rotatable bonds is 4. The van der Waals surface area contributed by atoms with Gasteiger partial charge in [-0.25, -0.2) is 14.2 Å². The van der Waals surface area contributed by atoms with Gasteiger partial charge >= 0.3 is 0 Å². The number of carbonyl (C=O) groups excluding carboxylic acids is 1. The number of halogens is 2. The second kappa shape index (κ2) is 8.58. The number of nitrogens with zero attached hydrogens (tertiary/aromatic N) is 1. The first kappa shape index (κ1) is 16.5. The summed E-state index contributed by atoms with van der Waals surface area (Å²) < 4.78 is 26.1. The molecule has 1 aromatic carbocycles. The van der Waals surface area contributed by atoms with Crippen LogP contribution in [0.25, 0.3) is 0 Å². The van der Waals surface area contributed by atoms with Gasteiger partial charge in [0.1, 0.15) is 11.6 Å². The van der Waals surface area contributed by atoms with Crippen molar-refractivity contribution in [3.63, 3.8) is 0 Å². The Morgan fingerprint density at radius 1 is 1.18 bits per heavy atom. The zero-order valence-electron chi connectivity index (χ0n) is 12.6. The van der Waals surface area contributed by atoms with Gasteiger partial charge in [0.15, 0.2) is 6.54 Å². The first-order valence-corrected chi connectivity index (χ1v) is 7.75. The van der Waals surface area contributed by atoms with Gasteiger partial charge in [0.05, 0.1) is 19.3 Å². The van der Waals surface area contributed by atoms with Crippen LogP contribution in [-0.2, 0) is 4.79 Å². The van der Waals surface area contributed by atoms with E-state index in [0.29, 0.717) is 6.54 Å². The van der Waals surface area contributed by atoms with Crippen LogP contribution in [0.15, 0.2) is 23.3 Å². The lowest BCUT2D eigenvalue weighted by atomic mass is 10.1. The lowest BCUT2D eigenvalue weighted by Crippen LogP contribution is -3.13. The van der Waals surface area contributed by atoms with Crippen LogP contribution in [0.1, 0.15) is 37.7 Å². The van der Waals surface area contributed by atoms with Crippen molar-refractivity contribution in [3.8, 4) is 0 Å². The molecular formula is C16H22F2N3O+. The summed E-state index contributed by atoms with van der Waals surface area (Å²) in [5.41, 5.74) is 2.54. The normalized spacial score (nSPS) is 17.2. The quantitative estimate of drug-likeness (QED) is 0.638. The number of carbonyl (C=O) groups is 1. The molecule has 1 aromatic rings. The second-order valence-corrected chi connectivity index (χ2v) is 5.65. The minimum absolute atomic E-state index is 0.139. The molecule has 1 aliphatic heterocycles. The Balaban J connectivity index is 1.80. The summed E-state index contributed by atoms with van der Waals surface area (Å²) in [6.45, 7) is 2.39. The van der Waals surface area contributed by atoms with Gasteiger partial charge in [0.25, 0.3) is 5.91 Å². The molecule has 1 amide bonds. The van der Waals surface area contributed by atoms with Gasteiger partial charge in [-0.2, -0.15) is 5.10 Å². The van der Waals surface area contributed by atoms with E-state index in [2.05, 4.69) is 10.5 Å². The molecule has 0 spiro atoms. The van der Waals surface area contributed by atoms with Crippen molar-refractivity contribution in [2.75, 3.05) is 19.6 Å². The summed E-state index contributed by atoms with van der Waals surface area (Å²) in [6.07, 6.45) is 7.22. The highest BCUT2D eigenvalue weighted by Gasteiger charge is 2.15. The molecule has 2 N–H and O–H groups in total. The molecule has 0 unspecified atom stereocenters. The summed E-state index contributed by atoms with van der Waals surface area (Å²) in [4.78, 5) is 13.1. The number of hydrogen-bond donors (Lipinski definition) is 2. The van der Waals surface area contributed by atoms with Crippen molar-refractivity contribution in [1.82, 2.24) is 5.43 Å². The maximum atomic E-state index is 13.4. The van der Waals surface area contributed by atoms with E-state index in [4.69, 9.17) is 0 Å². The Kier molecular flexibility index (Phi) is 6.45. The average molecular weight is 310 g/mol. The van der Waals surface area contributed by atoms with Crippen molar-refractivity contribution >= 4 is 12.1 Å². The van der Waals surface area contributed by atoms with Gasteiger partial charge in [0, 0.05) is 11.6 Å². The van der Waals surface area contributed by atoms with E-state index >= 15 is 0 Å². The van der Waals surface area contributed by atoms with Crippen molar-refractivity contribution in [2.45, 2.75) is 32.1 Å². The Morgan fingerprint density at radius 2 is 1.86 bits per heavy atom. The molecule has 6 heteroatoms. The SMILES string of the molecule is O=C(C[NH+]1CCCCCCC1)N/N=C\c1ccc(F)cc1F. The third kappa shape index (κ3) is 5.52. The molecule has 1 aliphatic rings. The van der Waals surface area contributed by atoms with Crippen LogP contribution in [0.5, 0.6) is 0 Å². The largest absolute Gasteiger partial charge is 0.327 e. The number of likely N-dealkylation sites (tertiary alicyclic amines) is 1. The predicted molar refractivity (Wildman–Crippen MR) is 80.7 cm³/mol. The maximum Gasteiger partial charge on any atom is 0.295 e. The number of quaternary nitrogens is 1. The fraction of sp³-hybridized carbons (Fsp3) is 0.500. The first-order valence-electron chi connectivity index (χ1n) is 7.75. The molecule has 0 saturated carbocycles. The van der Waals surface area contributed by atoms with Crippen molar-refractivity contribution in [2.24, 2.45) is 5.10 Å². The Morgan fingerprint density at radius 3 is 2.55 bits per heavy atom. The average Bonchev–Trinajstić information content (AvgIpc) is 2.44. The van der Waals surface area contributed by atoms with Crippen LogP contribution in [0, 0.1) is 11.6 Å². The standard InChI is InChI=1S/C16H21F2N3O/c17-14-7-6-13(15(18)10-14)11-19-20-16(22)12-21-8-4-2-1-3-5-9-21/h6-7,10-11H,1-5,8-9,12H2,(H,20,22)/p+1/b19-11-. The molecule has 22 heavy (non-hydrogen) atoms. The molecule has 1 fully saturated rings. The van der Waals surface area contributed by atoms with Crippen LogP contribution >= 0.6 is 0 Å². The van der Waals surface area contributed by atoms with Crippen LogP contribution in [0.2, 0.25) is 0 Å². The summed E-state index contributed by atoms with van der Waals surface area (Å²) in [5, 5.41) is 3.74. The third-order valence-electron chi connectivity index (χ3n) is 3.83. The highest BCUT2D eigenvalue weighted by atomic mass is 19.1. The van der Waals surface area contributed by atoms with E-state index in [0.717, 1.165) is 38.1 Å². The van der Waals surface area contributed by atoms with Crippen molar-refractivity contribution in [3.05, 3.63) is 35.4 Å². The number of nitrogens with one attached hydrogen (secondary N) is 2. The Bertz CT molecular complexity index is 526. The lowest BCUT2D eigenvalue weighted by Gasteiger charge is -2.20. The topological polar surface area (TPSA) is 45.9 Å². The smallest absolute Gasteiger partial charge is 0.295 e. The molecule has 1 heterocycles. The molecule has 0 bridgehead atoms. The van der Waals surface area contributed by atoms with Crippen LogP contribution in [0.4, 0.5) is 8.78 Å². The summed E-state index contributed by atoms with van der Waals surface area (Å²) in [5.74, 6) is -1.53. The van der Waals surface area contributed by atoms with Crippen molar-refractivity contribution < 1.29 is 18.5 Å². The van der Waals surface area contributed by atoms with Gasteiger partial charge in [-0.1, -0.05) is 6.42 Å². The fourth-order valence-corrected chi connectivity index (χ4v) is 2.63. The number of hydrogen-bond acceptors (Lipinski definition) is 2. The van der Waals surface area contributed by atoms with Gasteiger partial charge < -0.3 is 4.90 Å². The third-order valence-corrected chi connectivity index (χ3v) is 3.83. The molecule has 4 nitrogen and oxygen atoms in total. The zero-order valence-corrected chi connectivity index (χ0v) is 12.6. The van der Waals surface area contributed by atoms with E-state index in [9.17, 15) is 13.6 Å². The maximum absolute atomic E-state index is 13.4. The van der Waals surface area contributed by atoms with E-state index in [-0.39, 0.29) is 11.5 Å². The van der Waals surface area contributed by atoms with Gasteiger partial charge in [0.2, 0.25) is 0 Å². The minimum atomic E-state index is -0.701. The molecule has 1 saturated heterocycles. The van der Waals surface area contributed by atoms with E-state index < -0.39 is 11.6 Å². The van der Waals surface area contributed by atoms with Crippen molar-refractivity contribution in [1.29, 1.82) is 0 Å². The molecule has 0 radical (unpaired) electrons. The zero-order chi connectivity index (χ0) is 15.8. The van der Waals surface area contributed by atoms with E-state index in [1.807, 2.05) is 0 Å². The monoisotopic (exact) mass is 310 g/mol. The Hall–Kier alpha value is -1.82. The summed E-state index contributed by atoms with van der Waals surface area (Å²) in [7, 11) is 0. The van der Waals surface area contributed by atoms with E-state index in [1.54, 1.807) is 0 Å². The van der Waals surface area contributed by atoms with Gasteiger partial charge in [-0.3, -0.25) is 4.79 Å². The number of benzene rings is 1. The summed E-state index contributed by atoms with van der Waals surface area (Å²) in [6, 6.07) is 3.22. The first-order chi connectivity index (χ1) is 10.6. The minimum Gasteiger partial charge on any atom is -0.327 e. The molecule has 0 atom stereocenters. The molecule has 0 aliphatic carbocycles. The Labute approximate surface area is 129 Å². The summed E-state index contributed by atoms with van der Waals surface area (Å²) >= 11 is 0. The highest BCUT2D eigenvalue weighted by molar-refractivity contribution is 5.82. The lowest BCUT2D eigenvalue weighted by molar-refractivity contribution is -0.893. The molecule has 0 aromatic heterocycles. The van der Waals surface area contributed by atoms with Crippen LogP contribution < -0.4 is 10.3 Å². The molecule has 2 rings (SSSR count). The molecule has 120 valence electrons. The van der Waals surface area contributed by atoms with E-state index in [1.165, 1.54) is 36.4 Å². The van der Waals surface area contributed by atoms with Crippen LogP contribution in [0.3, 0.4) is 0 Å². The molecular weight excluding hydrogens is 288 g/mol. The fourth-order valence-electron chi connectivity index (χ4n) is 2.63. The predicted octanol–water partition coefficient (Wildman–Crippen LogP) is 1.26. The highest BCUT2D eigenvalue weighted by Crippen LogP contribution is 2.06. The van der Waals surface area contributed by atoms with Gasteiger partial charge in [-0.05, 0) is 37.8 Å². The number of hydrazone groups is 1. The van der Waals surface area contributed by atoms with Gasteiger partial charge in [-0.15, -0.1) is 0 Å². The van der Waals surface area contributed by atoms with Crippen LogP contribution in [-0.4, -0.2) is 31.8 Å². The second-order valence-electron chi connectivity index (χ2n) is 5.65. The number of amides is 1.